The van der Waals surface area contributed by atoms with Gasteiger partial charge in [0, 0.05) is 13.2 Å². The van der Waals surface area contributed by atoms with Crippen molar-refractivity contribution in [2.75, 3.05) is 25.2 Å². The van der Waals surface area contributed by atoms with Gasteiger partial charge in [-0.15, -0.1) is 0 Å². The van der Waals surface area contributed by atoms with Crippen LogP contribution in [0.1, 0.15) is 6.42 Å². The molecule has 5 nitrogen and oxygen atoms in total. The summed E-state index contributed by atoms with van der Waals surface area (Å²) in [6.45, 7) is -0.0173. The summed E-state index contributed by atoms with van der Waals surface area (Å²) in [5.74, 6) is -0.0301. The van der Waals surface area contributed by atoms with Gasteiger partial charge in [-0.25, -0.2) is 8.42 Å². The Balaban J connectivity index is 2.36. The first-order chi connectivity index (χ1) is 6.03. The zero-order chi connectivity index (χ0) is 9.90. The van der Waals surface area contributed by atoms with E-state index in [0.29, 0.717) is 6.42 Å². The Kier molecular flexibility index (Phi) is 3.27. The Morgan fingerprint density at radius 3 is 2.77 bits per heavy atom. The highest BCUT2D eigenvalue weighted by Crippen LogP contribution is 2.10. The second kappa shape index (κ2) is 4.06. The van der Waals surface area contributed by atoms with E-state index < -0.39 is 9.84 Å². The first-order valence-electron chi connectivity index (χ1n) is 4.02. The maximum atomic E-state index is 11.0. The minimum atomic E-state index is -2.91. The fourth-order valence-electron chi connectivity index (χ4n) is 1.31. The highest BCUT2D eigenvalue weighted by Gasteiger charge is 2.28. The number of carbonyl (C=O) groups excluding carboxylic acids is 1. The van der Waals surface area contributed by atoms with Gasteiger partial charge in [-0.1, -0.05) is 0 Å². The van der Waals surface area contributed by atoms with Gasteiger partial charge in [0.05, 0.1) is 11.5 Å². The average molecular weight is 207 g/mol. The molecular formula is C7H13NO4S. The van der Waals surface area contributed by atoms with E-state index in [2.05, 4.69) is 10.1 Å². The van der Waals surface area contributed by atoms with Crippen molar-refractivity contribution in [3.05, 3.63) is 0 Å². The van der Waals surface area contributed by atoms with Crippen LogP contribution >= 0.6 is 0 Å². The number of hydrogen-bond acceptors (Lipinski definition) is 4. The van der Waals surface area contributed by atoms with Crippen LogP contribution in [0.25, 0.3) is 0 Å². The Labute approximate surface area is 77.4 Å². The molecule has 76 valence electrons. The van der Waals surface area contributed by atoms with Crippen LogP contribution in [-0.4, -0.2) is 45.6 Å². The van der Waals surface area contributed by atoms with Crippen molar-refractivity contribution in [3.8, 4) is 0 Å². The third-order valence-corrected chi connectivity index (χ3v) is 3.64. The van der Waals surface area contributed by atoms with Crippen LogP contribution in [0.4, 0.5) is 0 Å². The van der Waals surface area contributed by atoms with Crippen molar-refractivity contribution < 1.29 is 17.9 Å². The minimum Gasteiger partial charge on any atom is -0.375 e. The summed E-state index contributed by atoms with van der Waals surface area (Å²) in [6.07, 6.45) is 0.512. The molecule has 1 heterocycles. The van der Waals surface area contributed by atoms with Crippen LogP contribution in [0.5, 0.6) is 0 Å². The van der Waals surface area contributed by atoms with Crippen molar-refractivity contribution >= 4 is 15.7 Å². The van der Waals surface area contributed by atoms with Gasteiger partial charge in [0.2, 0.25) is 5.91 Å². The van der Waals surface area contributed by atoms with Crippen LogP contribution < -0.4 is 5.32 Å². The van der Waals surface area contributed by atoms with E-state index in [-0.39, 0.29) is 30.1 Å². The summed E-state index contributed by atoms with van der Waals surface area (Å²) < 4.78 is 26.6. The van der Waals surface area contributed by atoms with E-state index in [9.17, 15) is 13.2 Å². The Hall–Kier alpha value is -0.620. The summed E-state index contributed by atoms with van der Waals surface area (Å²) >= 11 is 0. The second-order valence-corrected chi connectivity index (χ2v) is 5.33. The zero-order valence-corrected chi connectivity index (χ0v) is 8.26. The molecule has 1 saturated heterocycles. The van der Waals surface area contributed by atoms with Crippen molar-refractivity contribution in [1.29, 1.82) is 0 Å². The first-order valence-corrected chi connectivity index (χ1v) is 5.84. The fraction of sp³-hybridized carbons (Fsp3) is 0.857. The molecule has 6 heteroatoms. The largest absolute Gasteiger partial charge is 0.375 e. The highest BCUT2D eigenvalue weighted by atomic mass is 32.2. The summed E-state index contributed by atoms with van der Waals surface area (Å²) in [5, 5.41) is 2.59. The van der Waals surface area contributed by atoms with Crippen molar-refractivity contribution in [3.63, 3.8) is 0 Å². The third-order valence-electron chi connectivity index (χ3n) is 1.87. The molecule has 0 aromatic carbocycles. The maximum Gasteiger partial charge on any atom is 0.246 e. The van der Waals surface area contributed by atoms with E-state index >= 15 is 0 Å². The second-order valence-electron chi connectivity index (χ2n) is 3.10. The molecular weight excluding hydrogens is 194 g/mol. The topological polar surface area (TPSA) is 72.5 Å². The van der Waals surface area contributed by atoms with E-state index in [4.69, 9.17) is 0 Å². The standard InChI is InChI=1S/C7H13NO4S/c1-12-4-7(9)8-6-2-3-13(10,11)5-6/h6H,2-5H2,1H3,(H,8,9). The minimum absolute atomic E-state index is 0.0173. The van der Waals surface area contributed by atoms with E-state index in [0.717, 1.165) is 0 Å². The predicted molar refractivity (Wildman–Crippen MR) is 47.1 cm³/mol. The molecule has 0 saturated carbocycles. The van der Waals surface area contributed by atoms with Crippen molar-refractivity contribution in [2.45, 2.75) is 12.5 Å². The summed E-state index contributed by atoms with van der Waals surface area (Å²) in [6, 6.07) is -0.229. The quantitative estimate of drug-likeness (QED) is 0.640. The Morgan fingerprint density at radius 1 is 1.62 bits per heavy atom. The number of amides is 1. The van der Waals surface area contributed by atoms with E-state index in [1.807, 2.05) is 0 Å². The summed E-state index contributed by atoms with van der Waals surface area (Å²) in [5.41, 5.74) is 0. The van der Waals surface area contributed by atoms with Crippen LogP contribution in [0.15, 0.2) is 0 Å². The van der Waals surface area contributed by atoms with Gasteiger partial charge in [-0.2, -0.15) is 0 Å². The summed E-state index contributed by atoms with van der Waals surface area (Å²) in [4.78, 5) is 11.0. The molecule has 13 heavy (non-hydrogen) atoms. The molecule has 1 aliphatic rings. The van der Waals surface area contributed by atoms with Gasteiger partial charge in [0.15, 0.2) is 9.84 Å². The van der Waals surface area contributed by atoms with Gasteiger partial charge >= 0.3 is 0 Å². The van der Waals surface area contributed by atoms with Gasteiger partial charge in [-0.3, -0.25) is 4.79 Å². The average Bonchev–Trinajstić information content (AvgIpc) is 2.30. The lowest BCUT2D eigenvalue weighted by molar-refractivity contribution is -0.125. The lowest BCUT2D eigenvalue weighted by Crippen LogP contribution is -2.37. The fourth-order valence-corrected chi connectivity index (χ4v) is 2.98. The molecule has 1 aliphatic heterocycles. The molecule has 1 amide bonds. The molecule has 1 rings (SSSR count). The van der Waals surface area contributed by atoms with E-state index in [1.165, 1.54) is 7.11 Å². The van der Waals surface area contributed by atoms with Crippen LogP contribution in [0.2, 0.25) is 0 Å². The molecule has 0 bridgehead atoms. The maximum absolute atomic E-state index is 11.0. The van der Waals surface area contributed by atoms with Crippen LogP contribution in [0.3, 0.4) is 0 Å². The first kappa shape index (κ1) is 10.5. The van der Waals surface area contributed by atoms with Crippen molar-refractivity contribution in [1.82, 2.24) is 5.32 Å². The molecule has 1 unspecified atom stereocenters. The zero-order valence-electron chi connectivity index (χ0n) is 7.45. The van der Waals surface area contributed by atoms with Gasteiger partial charge in [-0.05, 0) is 6.42 Å². The number of methoxy groups -OCH3 is 1. The van der Waals surface area contributed by atoms with Crippen molar-refractivity contribution in [2.24, 2.45) is 0 Å². The van der Waals surface area contributed by atoms with Gasteiger partial charge in [0.25, 0.3) is 0 Å². The van der Waals surface area contributed by atoms with Gasteiger partial charge in [0.1, 0.15) is 6.61 Å². The number of rotatable bonds is 3. The summed E-state index contributed by atoms with van der Waals surface area (Å²) in [7, 11) is -1.49. The Morgan fingerprint density at radius 2 is 2.31 bits per heavy atom. The highest BCUT2D eigenvalue weighted by molar-refractivity contribution is 7.91. The SMILES string of the molecule is COCC(=O)NC1CCS(=O)(=O)C1. The van der Waals surface area contributed by atoms with Crippen LogP contribution in [0, 0.1) is 0 Å². The lowest BCUT2D eigenvalue weighted by Gasteiger charge is -2.09. The number of carbonyl (C=O) groups is 1. The normalized spacial score (nSPS) is 25.8. The monoisotopic (exact) mass is 207 g/mol. The molecule has 1 fully saturated rings. The lowest BCUT2D eigenvalue weighted by atomic mass is 10.2. The number of ether oxygens (including phenoxy) is 1. The predicted octanol–water partition coefficient (Wildman–Crippen LogP) is -1.06. The molecule has 1 N–H and O–H groups in total. The van der Waals surface area contributed by atoms with Gasteiger partial charge < -0.3 is 10.1 Å². The number of hydrogen-bond donors (Lipinski definition) is 1. The smallest absolute Gasteiger partial charge is 0.246 e. The molecule has 0 aromatic heterocycles. The number of sulfone groups is 1. The van der Waals surface area contributed by atoms with E-state index in [1.54, 1.807) is 0 Å². The third kappa shape index (κ3) is 3.31. The molecule has 0 spiro atoms. The molecule has 1 atom stereocenters. The number of nitrogens with one attached hydrogen (secondary N) is 1. The molecule has 0 radical (unpaired) electrons. The molecule has 0 aromatic rings. The molecule has 0 aliphatic carbocycles. The van der Waals surface area contributed by atoms with Crippen LogP contribution in [-0.2, 0) is 19.4 Å². The Bertz CT molecular complexity index is 285.